The molecule has 64 valence electrons. The normalized spacial score (nSPS) is 31.5. The number of methoxy groups -OCH3 is 1. The number of esters is 1. The first-order chi connectivity index (χ1) is 5.24. The largest absolute Gasteiger partial charge is 0.467 e. The van der Waals surface area contributed by atoms with Crippen LogP contribution in [0.4, 0.5) is 0 Å². The summed E-state index contributed by atoms with van der Waals surface area (Å²) >= 11 is 0. The van der Waals surface area contributed by atoms with Crippen LogP contribution in [0.2, 0.25) is 0 Å². The number of hydrogen-bond acceptors (Lipinski definition) is 3. The summed E-state index contributed by atoms with van der Waals surface area (Å²) in [6, 6.07) is 0. The maximum absolute atomic E-state index is 11.0. The summed E-state index contributed by atoms with van der Waals surface area (Å²) in [5, 5.41) is 0. The summed E-state index contributed by atoms with van der Waals surface area (Å²) < 4.78 is 9.94. The van der Waals surface area contributed by atoms with Gasteiger partial charge < -0.3 is 9.47 Å². The molecule has 0 aromatic carbocycles. The second kappa shape index (κ2) is 3.72. The fourth-order valence-corrected chi connectivity index (χ4v) is 1.31. The third-order valence-electron chi connectivity index (χ3n) is 1.94. The second-order valence-electron chi connectivity index (χ2n) is 2.89. The van der Waals surface area contributed by atoms with Crippen LogP contribution in [0.15, 0.2) is 0 Å². The Hall–Kier alpha value is -0.570. The number of rotatable bonds is 1. The summed E-state index contributed by atoms with van der Waals surface area (Å²) in [7, 11) is 1.39. The Bertz CT molecular complexity index is 144. The predicted molar refractivity (Wildman–Crippen MR) is 40.2 cm³/mol. The molecule has 0 saturated carbocycles. The molecule has 0 aromatic heterocycles. The molecule has 1 saturated heterocycles. The summed E-state index contributed by atoms with van der Waals surface area (Å²) in [4.78, 5) is 11.0. The van der Waals surface area contributed by atoms with Crippen LogP contribution in [0.5, 0.6) is 0 Å². The Morgan fingerprint density at radius 2 is 2.27 bits per heavy atom. The van der Waals surface area contributed by atoms with Crippen molar-refractivity contribution < 1.29 is 14.3 Å². The minimum atomic E-state index is -0.316. The summed E-state index contributed by atoms with van der Waals surface area (Å²) in [5.74, 6) is -0.239. The highest BCUT2D eigenvalue weighted by atomic mass is 16.6. The Morgan fingerprint density at radius 1 is 1.55 bits per heavy atom. The van der Waals surface area contributed by atoms with Crippen LogP contribution >= 0.6 is 0 Å². The Kier molecular flexibility index (Phi) is 2.88. The van der Waals surface area contributed by atoms with E-state index in [1.807, 2.05) is 6.92 Å². The predicted octanol–water partition coefficient (Wildman–Crippen LogP) is 1.12. The fraction of sp³-hybridized carbons (Fsp3) is 0.875. The third-order valence-corrected chi connectivity index (χ3v) is 1.94. The maximum Gasteiger partial charge on any atom is 0.334 e. The zero-order chi connectivity index (χ0) is 8.27. The molecule has 3 heteroatoms. The molecule has 1 aliphatic rings. The van der Waals surface area contributed by atoms with Crippen LogP contribution in [0.3, 0.4) is 0 Å². The van der Waals surface area contributed by atoms with E-state index in [1.165, 1.54) is 7.11 Å². The van der Waals surface area contributed by atoms with Gasteiger partial charge in [-0.25, -0.2) is 4.79 Å². The van der Waals surface area contributed by atoms with Gasteiger partial charge in [0.25, 0.3) is 0 Å². The monoisotopic (exact) mass is 158 g/mol. The van der Waals surface area contributed by atoms with Crippen molar-refractivity contribution in [2.24, 2.45) is 0 Å². The molecule has 1 rings (SSSR count). The van der Waals surface area contributed by atoms with Crippen LogP contribution in [0.25, 0.3) is 0 Å². The molecule has 0 aromatic rings. The molecule has 2 unspecified atom stereocenters. The van der Waals surface area contributed by atoms with Crippen molar-refractivity contribution in [2.75, 3.05) is 7.11 Å². The van der Waals surface area contributed by atoms with E-state index in [4.69, 9.17) is 4.74 Å². The molecule has 0 radical (unpaired) electrons. The zero-order valence-electron chi connectivity index (χ0n) is 7.00. The number of ether oxygens (including phenoxy) is 2. The highest BCUT2D eigenvalue weighted by Gasteiger charge is 2.25. The quantitative estimate of drug-likeness (QED) is 0.536. The van der Waals surface area contributed by atoms with E-state index in [0.717, 1.165) is 19.3 Å². The zero-order valence-corrected chi connectivity index (χ0v) is 7.00. The van der Waals surface area contributed by atoms with Gasteiger partial charge in [-0.3, -0.25) is 0 Å². The van der Waals surface area contributed by atoms with E-state index in [-0.39, 0.29) is 18.2 Å². The van der Waals surface area contributed by atoms with E-state index in [1.54, 1.807) is 0 Å². The minimum Gasteiger partial charge on any atom is -0.467 e. The van der Waals surface area contributed by atoms with Crippen molar-refractivity contribution >= 4 is 5.97 Å². The van der Waals surface area contributed by atoms with E-state index in [2.05, 4.69) is 4.74 Å². The van der Waals surface area contributed by atoms with Gasteiger partial charge in [0.2, 0.25) is 0 Å². The number of carbonyl (C=O) groups excluding carboxylic acids is 1. The van der Waals surface area contributed by atoms with Gasteiger partial charge in [0, 0.05) is 0 Å². The molecule has 11 heavy (non-hydrogen) atoms. The van der Waals surface area contributed by atoms with Gasteiger partial charge in [0.1, 0.15) is 0 Å². The molecule has 3 nitrogen and oxygen atoms in total. The lowest BCUT2D eigenvalue weighted by Crippen LogP contribution is -2.33. The van der Waals surface area contributed by atoms with Crippen molar-refractivity contribution in [3.05, 3.63) is 0 Å². The standard InChI is InChI=1S/C8H14O3/c1-6-4-3-5-7(11-6)8(9)10-2/h6-7H,3-5H2,1-2H3. The topological polar surface area (TPSA) is 35.5 Å². The Labute approximate surface area is 66.7 Å². The van der Waals surface area contributed by atoms with Gasteiger partial charge in [-0.2, -0.15) is 0 Å². The average Bonchev–Trinajstić information content (AvgIpc) is 2.03. The summed E-state index contributed by atoms with van der Waals surface area (Å²) in [6.45, 7) is 1.98. The molecule has 1 heterocycles. The van der Waals surface area contributed by atoms with E-state index in [9.17, 15) is 4.79 Å². The van der Waals surface area contributed by atoms with Gasteiger partial charge in [-0.15, -0.1) is 0 Å². The molecule has 0 amide bonds. The minimum absolute atomic E-state index is 0.202. The number of carbonyl (C=O) groups is 1. The van der Waals surface area contributed by atoms with Gasteiger partial charge in [0.05, 0.1) is 13.2 Å². The summed E-state index contributed by atoms with van der Waals surface area (Å²) in [6.07, 6.45) is 2.79. The number of hydrogen-bond donors (Lipinski definition) is 0. The van der Waals surface area contributed by atoms with E-state index < -0.39 is 0 Å². The highest BCUT2D eigenvalue weighted by molar-refractivity contribution is 5.74. The molecule has 0 aliphatic carbocycles. The van der Waals surface area contributed by atoms with Crippen molar-refractivity contribution in [3.8, 4) is 0 Å². The molecule has 0 N–H and O–H groups in total. The van der Waals surface area contributed by atoms with Crippen molar-refractivity contribution in [1.82, 2.24) is 0 Å². The van der Waals surface area contributed by atoms with E-state index >= 15 is 0 Å². The molecular formula is C8H14O3. The second-order valence-corrected chi connectivity index (χ2v) is 2.89. The Balaban J connectivity index is 2.39. The lowest BCUT2D eigenvalue weighted by molar-refractivity contribution is -0.161. The van der Waals surface area contributed by atoms with Gasteiger partial charge in [-0.05, 0) is 26.2 Å². The van der Waals surface area contributed by atoms with Crippen LogP contribution in [0, 0.1) is 0 Å². The molecule has 0 bridgehead atoms. The van der Waals surface area contributed by atoms with Crippen LogP contribution < -0.4 is 0 Å². The van der Waals surface area contributed by atoms with Crippen LogP contribution in [-0.2, 0) is 14.3 Å². The average molecular weight is 158 g/mol. The maximum atomic E-state index is 11.0. The van der Waals surface area contributed by atoms with Crippen molar-refractivity contribution in [3.63, 3.8) is 0 Å². The van der Waals surface area contributed by atoms with E-state index in [0.29, 0.717) is 0 Å². The highest BCUT2D eigenvalue weighted by Crippen LogP contribution is 2.18. The molecule has 1 fully saturated rings. The van der Waals surface area contributed by atoms with Gasteiger partial charge in [-0.1, -0.05) is 0 Å². The first kappa shape index (κ1) is 8.53. The third kappa shape index (κ3) is 2.19. The smallest absolute Gasteiger partial charge is 0.334 e. The lowest BCUT2D eigenvalue weighted by atomic mass is 10.1. The lowest BCUT2D eigenvalue weighted by Gasteiger charge is -2.25. The SMILES string of the molecule is COC(=O)C1CCCC(C)O1. The molecule has 2 atom stereocenters. The van der Waals surface area contributed by atoms with Crippen molar-refractivity contribution in [2.45, 2.75) is 38.4 Å². The van der Waals surface area contributed by atoms with Crippen LogP contribution in [-0.4, -0.2) is 25.3 Å². The molecule has 1 aliphatic heterocycles. The summed E-state index contributed by atoms with van der Waals surface area (Å²) in [5.41, 5.74) is 0. The first-order valence-corrected chi connectivity index (χ1v) is 3.97. The molecular weight excluding hydrogens is 144 g/mol. The first-order valence-electron chi connectivity index (χ1n) is 3.97. The Morgan fingerprint density at radius 3 is 2.82 bits per heavy atom. The van der Waals surface area contributed by atoms with Gasteiger partial charge >= 0.3 is 5.97 Å². The van der Waals surface area contributed by atoms with Gasteiger partial charge in [0.15, 0.2) is 6.10 Å². The molecule has 0 spiro atoms. The van der Waals surface area contributed by atoms with Crippen LogP contribution in [0.1, 0.15) is 26.2 Å². The van der Waals surface area contributed by atoms with Crippen molar-refractivity contribution in [1.29, 1.82) is 0 Å². The fourth-order valence-electron chi connectivity index (χ4n) is 1.31.